The Labute approximate surface area is 148 Å². The number of alkyl halides is 3. The Morgan fingerprint density at radius 1 is 1.24 bits per heavy atom. The maximum Gasteiger partial charge on any atom is 0.435 e. The molecule has 1 aliphatic carbocycles. The quantitative estimate of drug-likeness (QED) is 0.693. The van der Waals surface area contributed by atoms with Crippen LogP contribution in [0.1, 0.15) is 41.3 Å². The number of H-pyrrole nitrogens is 1. The summed E-state index contributed by atoms with van der Waals surface area (Å²) in [5, 5.41) is 5.99. The zero-order valence-corrected chi connectivity index (χ0v) is 14.4. The molecule has 1 aromatic heterocycles. The number of benzene rings is 1. The van der Waals surface area contributed by atoms with Gasteiger partial charge in [-0.3, -0.25) is 5.10 Å². The fourth-order valence-corrected chi connectivity index (χ4v) is 4.00. The van der Waals surface area contributed by atoms with E-state index in [2.05, 4.69) is 26.1 Å². The summed E-state index contributed by atoms with van der Waals surface area (Å²) in [6, 6.07) is 4.24. The Kier molecular flexibility index (Phi) is 3.93. The predicted octanol–water partition coefficient (Wildman–Crippen LogP) is 4.46. The van der Waals surface area contributed by atoms with Gasteiger partial charge in [-0.05, 0) is 40.0 Å². The van der Waals surface area contributed by atoms with E-state index in [0.29, 0.717) is 31.6 Å². The van der Waals surface area contributed by atoms with Crippen LogP contribution >= 0.6 is 15.9 Å². The molecule has 0 amide bonds. The van der Waals surface area contributed by atoms with E-state index in [1.54, 1.807) is 0 Å². The van der Waals surface area contributed by atoms with Crippen LogP contribution in [0, 0.1) is 5.82 Å². The average Bonchev–Trinajstić information content (AvgIpc) is 3.18. The number of fused-ring (bicyclic) bond motifs is 2. The third-order valence-electron chi connectivity index (χ3n) is 4.66. The first-order valence-corrected chi connectivity index (χ1v) is 8.50. The molecule has 1 unspecified atom stereocenters. The second-order valence-corrected chi connectivity index (χ2v) is 6.93. The van der Waals surface area contributed by atoms with Crippen LogP contribution in [-0.2, 0) is 21.4 Å². The zero-order chi connectivity index (χ0) is 17.8. The highest BCUT2D eigenvalue weighted by Crippen LogP contribution is 2.51. The number of nitrogens with zero attached hydrogens (tertiary/aromatic N) is 1. The van der Waals surface area contributed by atoms with Crippen LogP contribution in [0.2, 0.25) is 0 Å². The number of nitrogens with one attached hydrogen (secondary N) is 1. The number of halogens is 5. The molecule has 4 nitrogen and oxygen atoms in total. The minimum absolute atomic E-state index is 0.0131. The highest BCUT2D eigenvalue weighted by molar-refractivity contribution is 9.10. The van der Waals surface area contributed by atoms with Crippen LogP contribution in [0.4, 0.5) is 17.6 Å². The summed E-state index contributed by atoms with van der Waals surface area (Å²) in [5.74, 6) is -2.26. The van der Waals surface area contributed by atoms with Crippen molar-refractivity contribution in [1.82, 2.24) is 10.2 Å². The fourth-order valence-electron chi connectivity index (χ4n) is 3.61. The second kappa shape index (κ2) is 5.78. The third kappa shape index (κ3) is 2.69. The van der Waals surface area contributed by atoms with Gasteiger partial charge in [-0.2, -0.15) is 18.3 Å². The first kappa shape index (κ1) is 17.0. The molecule has 1 saturated heterocycles. The van der Waals surface area contributed by atoms with E-state index < -0.39 is 29.4 Å². The van der Waals surface area contributed by atoms with E-state index in [9.17, 15) is 17.6 Å². The summed E-state index contributed by atoms with van der Waals surface area (Å²) in [7, 11) is 0. The molecule has 1 aliphatic heterocycles. The van der Waals surface area contributed by atoms with Gasteiger partial charge in [-0.1, -0.05) is 6.07 Å². The van der Waals surface area contributed by atoms with Gasteiger partial charge in [0.15, 0.2) is 5.69 Å². The molecule has 0 saturated carbocycles. The zero-order valence-electron chi connectivity index (χ0n) is 12.8. The number of aromatic amines is 1. The Morgan fingerprint density at radius 2 is 1.96 bits per heavy atom. The van der Waals surface area contributed by atoms with Gasteiger partial charge >= 0.3 is 6.18 Å². The van der Waals surface area contributed by atoms with E-state index in [-0.39, 0.29) is 15.7 Å². The van der Waals surface area contributed by atoms with E-state index in [0.717, 1.165) is 0 Å². The average molecular weight is 421 g/mol. The fraction of sp³-hybridized carbons (Fsp3) is 0.438. The Morgan fingerprint density at radius 3 is 2.60 bits per heavy atom. The van der Waals surface area contributed by atoms with Crippen LogP contribution < -0.4 is 0 Å². The van der Waals surface area contributed by atoms with Crippen molar-refractivity contribution in [2.24, 2.45) is 0 Å². The van der Waals surface area contributed by atoms with Gasteiger partial charge in [0.25, 0.3) is 0 Å². The lowest BCUT2D eigenvalue weighted by atomic mass is 9.78. The molecular formula is C16H13BrF4N2O2. The lowest BCUT2D eigenvalue weighted by molar-refractivity contribution is -0.179. The molecule has 25 heavy (non-hydrogen) atoms. The van der Waals surface area contributed by atoms with Gasteiger partial charge in [-0.25, -0.2) is 4.39 Å². The van der Waals surface area contributed by atoms with Crippen molar-refractivity contribution in [2.45, 2.75) is 30.7 Å². The number of ether oxygens (including phenoxy) is 2. The Hall–Kier alpha value is -1.45. The van der Waals surface area contributed by atoms with E-state index in [1.165, 1.54) is 18.2 Å². The van der Waals surface area contributed by atoms with Gasteiger partial charge in [0.05, 0.1) is 23.4 Å². The molecule has 1 fully saturated rings. The van der Waals surface area contributed by atoms with Crippen molar-refractivity contribution in [3.05, 3.63) is 51.0 Å². The summed E-state index contributed by atoms with van der Waals surface area (Å²) in [6.07, 6.45) is -3.86. The van der Waals surface area contributed by atoms with E-state index in [4.69, 9.17) is 9.47 Å². The molecule has 0 bridgehead atoms. The minimum Gasteiger partial charge on any atom is -0.342 e. The third-order valence-corrected chi connectivity index (χ3v) is 5.27. The molecule has 0 radical (unpaired) electrons. The lowest BCUT2D eigenvalue weighted by Gasteiger charge is -2.35. The lowest BCUT2D eigenvalue weighted by Crippen LogP contribution is -2.34. The normalized spacial score (nSPS) is 22.4. The molecule has 2 aromatic rings. The van der Waals surface area contributed by atoms with Crippen LogP contribution in [0.15, 0.2) is 22.7 Å². The first-order valence-electron chi connectivity index (χ1n) is 7.70. The molecule has 2 aliphatic rings. The molecule has 2 heterocycles. The summed E-state index contributed by atoms with van der Waals surface area (Å²) < 4.78 is 65.4. The molecule has 1 aromatic carbocycles. The highest BCUT2D eigenvalue weighted by atomic mass is 79.9. The predicted molar refractivity (Wildman–Crippen MR) is 82.3 cm³/mol. The molecule has 4 rings (SSSR count). The molecule has 1 atom stereocenters. The first-order chi connectivity index (χ1) is 11.8. The molecule has 134 valence electrons. The van der Waals surface area contributed by atoms with Gasteiger partial charge < -0.3 is 9.47 Å². The van der Waals surface area contributed by atoms with Gasteiger partial charge in [-0.15, -0.1) is 0 Å². The van der Waals surface area contributed by atoms with E-state index in [1.807, 2.05) is 0 Å². The van der Waals surface area contributed by atoms with Gasteiger partial charge in [0.1, 0.15) is 5.82 Å². The van der Waals surface area contributed by atoms with Crippen molar-refractivity contribution in [3.8, 4) is 0 Å². The summed E-state index contributed by atoms with van der Waals surface area (Å²) in [5.41, 5.74) is -0.187. The number of rotatable bonds is 1. The topological polar surface area (TPSA) is 47.1 Å². The number of hydrogen-bond acceptors (Lipinski definition) is 3. The molecular weight excluding hydrogens is 408 g/mol. The second-order valence-electron chi connectivity index (χ2n) is 6.07. The largest absolute Gasteiger partial charge is 0.435 e. The molecule has 1 N–H and O–H groups in total. The van der Waals surface area contributed by atoms with Crippen LogP contribution in [0.5, 0.6) is 0 Å². The summed E-state index contributed by atoms with van der Waals surface area (Å²) >= 11 is 3.09. The smallest absolute Gasteiger partial charge is 0.342 e. The number of aromatic nitrogens is 2. The van der Waals surface area contributed by atoms with Crippen molar-refractivity contribution in [2.75, 3.05) is 13.2 Å². The Balaban J connectivity index is 1.88. The monoisotopic (exact) mass is 420 g/mol. The van der Waals surface area contributed by atoms with Crippen molar-refractivity contribution < 1.29 is 27.0 Å². The van der Waals surface area contributed by atoms with Crippen LogP contribution in [0.3, 0.4) is 0 Å². The molecule has 9 heteroatoms. The van der Waals surface area contributed by atoms with Crippen molar-refractivity contribution in [3.63, 3.8) is 0 Å². The van der Waals surface area contributed by atoms with Crippen molar-refractivity contribution in [1.29, 1.82) is 0 Å². The maximum atomic E-state index is 13.5. The minimum atomic E-state index is -4.61. The van der Waals surface area contributed by atoms with E-state index >= 15 is 0 Å². The van der Waals surface area contributed by atoms with Crippen LogP contribution in [0.25, 0.3) is 0 Å². The van der Waals surface area contributed by atoms with Crippen LogP contribution in [-0.4, -0.2) is 23.4 Å². The SMILES string of the molecule is Fc1ccc(C2CCC3(OCCO3)c3[nH]nc(C(F)(F)F)c32)cc1Br. The summed E-state index contributed by atoms with van der Waals surface area (Å²) in [4.78, 5) is 0. The summed E-state index contributed by atoms with van der Waals surface area (Å²) in [6.45, 7) is 0.624. The van der Waals surface area contributed by atoms with Crippen molar-refractivity contribution >= 4 is 15.9 Å². The Bertz CT molecular complexity index is 815. The molecule has 1 spiro atoms. The standard InChI is InChI=1S/C16H13BrF4N2O2/c17-10-7-8(1-2-11(10)18)9-3-4-15(24-5-6-25-15)13-12(9)14(23-22-13)16(19,20)21/h1-2,7,9H,3-6H2,(H,22,23). The highest BCUT2D eigenvalue weighted by Gasteiger charge is 2.51. The maximum absolute atomic E-state index is 13.5. The number of hydrogen-bond donors (Lipinski definition) is 1. The van der Waals surface area contributed by atoms with Gasteiger partial charge in [0.2, 0.25) is 5.79 Å². The van der Waals surface area contributed by atoms with Gasteiger partial charge in [0, 0.05) is 17.9 Å².